The van der Waals surface area contributed by atoms with Gasteiger partial charge in [-0.3, -0.25) is 9.78 Å². The van der Waals surface area contributed by atoms with Crippen molar-refractivity contribution in [2.24, 2.45) is 0 Å². The molecule has 2 heterocycles. The van der Waals surface area contributed by atoms with Gasteiger partial charge in [-0.1, -0.05) is 12.0 Å². The third kappa shape index (κ3) is 3.33. The standard InChI is InChI=1S/C19H18N2O3/c1-3-21(14(2)16-5-4-10-20-12-16)19(22)9-7-15-6-8-17-18(11-15)24-13-23-17/h4-6,8,10-12,14H,3,13H2,1-2H3. The van der Waals surface area contributed by atoms with E-state index in [-0.39, 0.29) is 18.7 Å². The minimum atomic E-state index is -0.216. The molecule has 5 heteroatoms. The van der Waals surface area contributed by atoms with Crippen molar-refractivity contribution in [1.82, 2.24) is 9.88 Å². The van der Waals surface area contributed by atoms with Gasteiger partial charge < -0.3 is 14.4 Å². The van der Waals surface area contributed by atoms with E-state index in [1.807, 2.05) is 32.0 Å². The molecule has 0 aliphatic carbocycles. The predicted molar refractivity (Wildman–Crippen MR) is 89.5 cm³/mol. The number of nitrogens with zero attached hydrogens (tertiary/aromatic N) is 2. The minimum absolute atomic E-state index is 0.0812. The number of hydrogen-bond acceptors (Lipinski definition) is 4. The predicted octanol–water partition coefficient (Wildman–Crippen LogP) is 2.77. The van der Waals surface area contributed by atoms with Gasteiger partial charge in [0.1, 0.15) is 0 Å². The fraction of sp³-hybridized carbons (Fsp3) is 0.263. The van der Waals surface area contributed by atoms with Crippen LogP contribution in [0.3, 0.4) is 0 Å². The lowest BCUT2D eigenvalue weighted by Gasteiger charge is -2.26. The molecular formula is C19H18N2O3. The summed E-state index contributed by atoms with van der Waals surface area (Å²) in [6.07, 6.45) is 3.49. The maximum atomic E-state index is 12.5. The van der Waals surface area contributed by atoms with Gasteiger partial charge >= 0.3 is 0 Å². The second-order valence-electron chi connectivity index (χ2n) is 5.37. The lowest BCUT2D eigenvalue weighted by Crippen LogP contribution is -2.32. The molecule has 0 radical (unpaired) electrons. The molecule has 0 saturated carbocycles. The topological polar surface area (TPSA) is 51.7 Å². The first kappa shape index (κ1) is 15.9. The molecule has 5 nitrogen and oxygen atoms in total. The summed E-state index contributed by atoms with van der Waals surface area (Å²) in [6.45, 7) is 4.70. The van der Waals surface area contributed by atoms with Crippen LogP contribution in [0.2, 0.25) is 0 Å². The van der Waals surface area contributed by atoms with Gasteiger partial charge in [0.2, 0.25) is 6.79 Å². The largest absolute Gasteiger partial charge is 0.454 e. The van der Waals surface area contributed by atoms with Crippen LogP contribution >= 0.6 is 0 Å². The highest BCUT2D eigenvalue weighted by atomic mass is 16.7. The average molecular weight is 322 g/mol. The van der Waals surface area contributed by atoms with Gasteiger partial charge in [0.05, 0.1) is 6.04 Å². The molecule has 3 rings (SSSR count). The van der Waals surface area contributed by atoms with Crippen molar-refractivity contribution in [3.05, 3.63) is 53.9 Å². The quantitative estimate of drug-likeness (QED) is 0.816. The molecule has 0 spiro atoms. The maximum absolute atomic E-state index is 12.5. The highest BCUT2D eigenvalue weighted by molar-refractivity contribution is 5.94. The average Bonchev–Trinajstić information content (AvgIpc) is 3.09. The van der Waals surface area contributed by atoms with Crippen LogP contribution in [0.25, 0.3) is 0 Å². The molecule has 0 bridgehead atoms. The summed E-state index contributed by atoms with van der Waals surface area (Å²) < 4.78 is 10.6. The molecule has 24 heavy (non-hydrogen) atoms. The molecule has 2 aromatic rings. The Morgan fingerprint density at radius 1 is 1.33 bits per heavy atom. The van der Waals surface area contributed by atoms with Crippen molar-refractivity contribution < 1.29 is 14.3 Å². The van der Waals surface area contributed by atoms with E-state index in [4.69, 9.17) is 9.47 Å². The number of rotatable bonds is 3. The third-order valence-electron chi connectivity index (χ3n) is 3.92. The monoisotopic (exact) mass is 322 g/mol. The van der Waals surface area contributed by atoms with Gasteiger partial charge in [0.15, 0.2) is 11.5 Å². The Hall–Kier alpha value is -3.00. The molecular weight excluding hydrogens is 304 g/mol. The lowest BCUT2D eigenvalue weighted by molar-refractivity contribution is -0.126. The summed E-state index contributed by atoms with van der Waals surface area (Å²) in [4.78, 5) is 18.3. The molecule has 1 aromatic heterocycles. The van der Waals surface area contributed by atoms with Crippen LogP contribution in [0.5, 0.6) is 11.5 Å². The van der Waals surface area contributed by atoms with Crippen LogP contribution in [0.1, 0.15) is 31.0 Å². The number of benzene rings is 1. The summed E-state index contributed by atoms with van der Waals surface area (Å²) in [5, 5.41) is 0. The molecule has 1 atom stereocenters. The van der Waals surface area contributed by atoms with Gasteiger partial charge in [-0.05, 0) is 43.7 Å². The third-order valence-corrected chi connectivity index (χ3v) is 3.92. The SMILES string of the molecule is CCN(C(=O)C#Cc1ccc2c(c1)OCO2)C(C)c1cccnc1. The van der Waals surface area contributed by atoms with Crippen LogP contribution in [0.4, 0.5) is 0 Å². The van der Waals surface area contributed by atoms with Gasteiger partial charge in [0, 0.05) is 30.4 Å². The molecule has 122 valence electrons. The number of carbonyl (C=O) groups excluding carboxylic acids is 1. The zero-order chi connectivity index (χ0) is 16.9. The van der Waals surface area contributed by atoms with E-state index < -0.39 is 0 Å². The number of aromatic nitrogens is 1. The Labute approximate surface area is 141 Å². The van der Waals surface area contributed by atoms with Crippen LogP contribution in [-0.4, -0.2) is 29.1 Å². The number of amides is 1. The second kappa shape index (κ2) is 7.05. The summed E-state index contributed by atoms with van der Waals surface area (Å²) in [7, 11) is 0. The smallest absolute Gasteiger partial charge is 0.299 e. The Morgan fingerprint density at radius 3 is 2.92 bits per heavy atom. The fourth-order valence-electron chi connectivity index (χ4n) is 2.57. The van der Waals surface area contributed by atoms with Crippen molar-refractivity contribution in [2.45, 2.75) is 19.9 Å². The van der Waals surface area contributed by atoms with Gasteiger partial charge in [-0.2, -0.15) is 0 Å². The van der Waals surface area contributed by atoms with Gasteiger partial charge in [-0.25, -0.2) is 0 Å². The van der Waals surface area contributed by atoms with E-state index in [1.165, 1.54) is 0 Å². The summed E-state index contributed by atoms with van der Waals surface area (Å²) in [5.74, 6) is 6.76. The van der Waals surface area contributed by atoms with Gasteiger partial charge in [-0.15, -0.1) is 0 Å². The number of hydrogen-bond donors (Lipinski definition) is 0. The summed E-state index contributed by atoms with van der Waals surface area (Å²) >= 11 is 0. The Bertz CT molecular complexity index is 793. The van der Waals surface area contributed by atoms with Crippen molar-refractivity contribution in [1.29, 1.82) is 0 Å². The number of fused-ring (bicyclic) bond motifs is 1. The number of pyridine rings is 1. The number of carbonyl (C=O) groups is 1. The fourth-order valence-corrected chi connectivity index (χ4v) is 2.57. The summed E-state index contributed by atoms with van der Waals surface area (Å²) in [5.41, 5.74) is 1.70. The maximum Gasteiger partial charge on any atom is 0.299 e. The van der Waals surface area contributed by atoms with E-state index in [2.05, 4.69) is 16.8 Å². The lowest BCUT2D eigenvalue weighted by atomic mass is 10.1. The highest BCUT2D eigenvalue weighted by Gasteiger charge is 2.18. The molecule has 1 aliphatic rings. The van der Waals surface area contributed by atoms with E-state index in [0.29, 0.717) is 18.0 Å². The molecule has 1 unspecified atom stereocenters. The number of ether oxygens (including phenoxy) is 2. The van der Waals surface area contributed by atoms with Crippen molar-refractivity contribution in [3.63, 3.8) is 0 Å². The molecule has 0 N–H and O–H groups in total. The van der Waals surface area contributed by atoms with E-state index in [1.54, 1.807) is 29.4 Å². The van der Waals surface area contributed by atoms with Gasteiger partial charge in [0.25, 0.3) is 5.91 Å². The van der Waals surface area contributed by atoms with Crippen LogP contribution in [0.15, 0.2) is 42.7 Å². The van der Waals surface area contributed by atoms with Crippen LogP contribution in [-0.2, 0) is 4.79 Å². The normalized spacial score (nSPS) is 12.9. The summed E-state index contributed by atoms with van der Waals surface area (Å²) in [6, 6.07) is 9.13. The molecule has 1 aromatic carbocycles. The van der Waals surface area contributed by atoms with E-state index in [0.717, 1.165) is 11.1 Å². The van der Waals surface area contributed by atoms with Crippen molar-refractivity contribution in [3.8, 4) is 23.3 Å². The minimum Gasteiger partial charge on any atom is -0.454 e. The van der Waals surface area contributed by atoms with E-state index in [9.17, 15) is 4.79 Å². The first-order valence-corrected chi connectivity index (χ1v) is 7.81. The zero-order valence-electron chi connectivity index (χ0n) is 13.7. The first-order valence-electron chi connectivity index (χ1n) is 7.81. The Balaban J connectivity index is 1.76. The van der Waals surface area contributed by atoms with Crippen molar-refractivity contribution >= 4 is 5.91 Å². The Kier molecular flexibility index (Phi) is 4.66. The first-order chi connectivity index (χ1) is 11.7. The van der Waals surface area contributed by atoms with Crippen LogP contribution in [0, 0.1) is 11.8 Å². The van der Waals surface area contributed by atoms with Crippen LogP contribution < -0.4 is 9.47 Å². The molecule has 0 fully saturated rings. The van der Waals surface area contributed by atoms with E-state index >= 15 is 0 Å². The molecule has 1 aliphatic heterocycles. The molecule has 0 saturated heterocycles. The highest BCUT2D eigenvalue weighted by Crippen LogP contribution is 2.32. The Morgan fingerprint density at radius 2 is 2.17 bits per heavy atom. The molecule has 1 amide bonds. The van der Waals surface area contributed by atoms with Crippen molar-refractivity contribution in [2.75, 3.05) is 13.3 Å². The zero-order valence-corrected chi connectivity index (χ0v) is 13.7. The second-order valence-corrected chi connectivity index (χ2v) is 5.37.